The van der Waals surface area contributed by atoms with Gasteiger partial charge >= 0.3 is 7.12 Å². The van der Waals surface area contributed by atoms with E-state index in [4.69, 9.17) is 26.6 Å². The molecule has 2 heterocycles. The second kappa shape index (κ2) is 4.47. The fourth-order valence-corrected chi connectivity index (χ4v) is 1.94. The van der Waals surface area contributed by atoms with Crippen molar-refractivity contribution in [1.82, 2.24) is 4.98 Å². The second-order valence-corrected chi connectivity index (χ2v) is 5.92. The topological polar surface area (TPSA) is 74.4 Å². The molecule has 0 radical (unpaired) electrons. The smallest absolute Gasteiger partial charge is 0.399 e. The van der Waals surface area contributed by atoms with Gasteiger partial charge in [-0.05, 0) is 33.8 Å². The summed E-state index contributed by atoms with van der Waals surface area (Å²) in [6, 6.07) is 1.56. The molecule has 2 rings (SSSR count). The molecule has 1 saturated heterocycles. The molecule has 19 heavy (non-hydrogen) atoms. The van der Waals surface area contributed by atoms with Crippen LogP contribution in [0.2, 0.25) is 5.15 Å². The molecule has 102 valence electrons. The zero-order chi connectivity index (χ0) is 14.4. The molecule has 1 aliphatic rings. The third-order valence-electron chi connectivity index (χ3n) is 3.65. The summed E-state index contributed by atoms with van der Waals surface area (Å²) in [7, 11) is -0.590. The number of hydrogen-bond donors (Lipinski definition) is 1. The largest absolute Gasteiger partial charge is 0.496 e. The molecule has 1 aromatic rings. The van der Waals surface area contributed by atoms with E-state index in [1.54, 1.807) is 6.07 Å². The minimum absolute atomic E-state index is 0.0766. The summed E-state index contributed by atoms with van der Waals surface area (Å²) < 4.78 is 11.7. The van der Waals surface area contributed by atoms with Gasteiger partial charge in [0, 0.05) is 11.7 Å². The summed E-state index contributed by atoms with van der Waals surface area (Å²) in [6.45, 7) is 7.80. The number of rotatable bonds is 2. The Morgan fingerprint density at radius 2 is 1.84 bits per heavy atom. The molecule has 1 aliphatic heterocycles. The predicted octanol–water partition coefficient (Wildman–Crippen LogP) is 1.13. The lowest BCUT2D eigenvalue weighted by Gasteiger charge is -2.32. The molecular formula is C12H16BClN2O3. The maximum Gasteiger partial charge on any atom is 0.496 e. The molecule has 2 N–H and O–H groups in total. The van der Waals surface area contributed by atoms with Crippen molar-refractivity contribution in [2.45, 2.75) is 38.9 Å². The van der Waals surface area contributed by atoms with Crippen LogP contribution in [0.15, 0.2) is 12.3 Å². The second-order valence-electron chi connectivity index (χ2n) is 5.56. The zero-order valence-corrected chi connectivity index (χ0v) is 12.1. The number of carbonyl (C=O) groups excluding carboxylic acids is 1. The predicted molar refractivity (Wildman–Crippen MR) is 73.5 cm³/mol. The SMILES string of the molecule is CC1(C)OB(c2cnc(Cl)c(C(N)=O)c2)OC1(C)C. The van der Waals surface area contributed by atoms with Crippen molar-refractivity contribution in [3.8, 4) is 0 Å². The van der Waals surface area contributed by atoms with Crippen LogP contribution in [-0.2, 0) is 9.31 Å². The Morgan fingerprint density at radius 3 is 2.32 bits per heavy atom. The molecule has 0 saturated carbocycles. The number of nitrogens with two attached hydrogens (primary N) is 1. The van der Waals surface area contributed by atoms with Gasteiger partial charge in [-0.15, -0.1) is 0 Å². The number of amides is 1. The van der Waals surface area contributed by atoms with E-state index < -0.39 is 24.2 Å². The Labute approximate surface area is 117 Å². The van der Waals surface area contributed by atoms with E-state index in [0.717, 1.165) is 0 Å². The number of nitrogens with zero attached hydrogens (tertiary/aromatic N) is 1. The summed E-state index contributed by atoms with van der Waals surface area (Å²) in [4.78, 5) is 15.2. The molecule has 1 amide bonds. The first-order chi connectivity index (χ1) is 8.64. The Morgan fingerprint density at radius 1 is 1.32 bits per heavy atom. The number of hydrogen-bond acceptors (Lipinski definition) is 4. The van der Waals surface area contributed by atoms with Gasteiger partial charge in [0.05, 0.1) is 16.8 Å². The van der Waals surface area contributed by atoms with E-state index in [1.807, 2.05) is 27.7 Å². The molecule has 0 unspecified atom stereocenters. The number of aromatic nitrogens is 1. The lowest BCUT2D eigenvalue weighted by Crippen LogP contribution is -2.41. The lowest BCUT2D eigenvalue weighted by molar-refractivity contribution is 0.00578. The van der Waals surface area contributed by atoms with Crippen molar-refractivity contribution in [1.29, 1.82) is 0 Å². The highest BCUT2D eigenvalue weighted by Crippen LogP contribution is 2.36. The van der Waals surface area contributed by atoms with Crippen LogP contribution in [0.25, 0.3) is 0 Å². The van der Waals surface area contributed by atoms with Gasteiger partial charge < -0.3 is 15.0 Å². The van der Waals surface area contributed by atoms with Crippen LogP contribution in [-0.4, -0.2) is 29.2 Å². The normalized spacial score (nSPS) is 20.6. The van der Waals surface area contributed by atoms with Gasteiger partial charge in [0.15, 0.2) is 0 Å². The van der Waals surface area contributed by atoms with Crippen LogP contribution < -0.4 is 11.2 Å². The fraction of sp³-hybridized carbons (Fsp3) is 0.500. The Balaban J connectivity index is 2.35. The van der Waals surface area contributed by atoms with Crippen molar-refractivity contribution in [3.63, 3.8) is 0 Å². The standard InChI is InChI=1S/C12H16BClN2O3/c1-11(2)12(3,4)19-13(18-11)7-5-8(10(15)17)9(14)16-6-7/h5-6H,1-4H3,(H2,15,17). The first-order valence-corrected chi connectivity index (χ1v) is 6.33. The Bertz CT molecular complexity index is 518. The van der Waals surface area contributed by atoms with Gasteiger partial charge in [-0.2, -0.15) is 0 Å². The molecule has 0 aliphatic carbocycles. The molecule has 7 heteroatoms. The van der Waals surface area contributed by atoms with Crippen LogP contribution in [0.4, 0.5) is 0 Å². The molecule has 0 atom stereocenters. The van der Waals surface area contributed by atoms with Gasteiger partial charge in [-0.3, -0.25) is 4.79 Å². The van der Waals surface area contributed by atoms with Gasteiger partial charge in [0.2, 0.25) is 0 Å². The molecule has 0 spiro atoms. The molecule has 0 aromatic carbocycles. The third kappa shape index (κ3) is 2.48. The fourth-order valence-electron chi connectivity index (χ4n) is 1.75. The highest BCUT2D eigenvalue weighted by molar-refractivity contribution is 6.62. The molecule has 5 nitrogen and oxygen atoms in total. The van der Waals surface area contributed by atoms with Gasteiger partial charge in [-0.25, -0.2) is 4.98 Å². The van der Waals surface area contributed by atoms with E-state index in [1.165, 1.54) is 6.20 Å². The summed E-state index contributed by atoms with van der Waals surface area (Å²) in [6.07, 6.45) is 1.52. The first-order valence-electron chi connectivity index (χ1n) is 5.95. The number of primary amides is 1. The Kier molecular flexibility index (Phi) is 3.37. The molecule has 0 bridgehead atoms. The van der Waals surface area contributed by atoms with Gasteiger partial charge in [0.25, 0.3) is 5.91 Å². The lowest BCUT2D eigenvalue weighted by atomic mass is 9.80. The average Bonchev–Trinajstić information content (AvgIpc) is 2.48. The number of carbonyl (C=O) groups is 1. The van der Waals surface area contributed by atoms with Crippen molar-refractivity contribution < 1.29 is 14.1 Å². The molecular weight excluding hydrogens is 266 g/mol. The average molecular weight is 283 g/mol. The maximum absolute atomic E-state index is 11.3. The highest BCUT2D eigenvalue weighted by atomic mass is 35.5. The van der Waals surface area contributed by atoms with Gasteiger partial charge in [-0.1, -0.05) is 11.6 Å². The van der Waals surface area contributed by atoms with Crippen LogP contribution in [0.1, 0.15) is 38.1 Å². The van der Waals surface area contributed by atoms with Crippen molar-refractivity contribution in [2.75, 3.05) is 0 Å². The third-order valence-corrected chi connectivity index (χ3v) is 3.95. The van der Waals surface area contributed by atoms with E-state index in [2.05, 4.69) is 4.98 Å². The minimum Gasteiger partial charge on any atom is -0.399 e. The van der Waals surface area contributed by atoms with Crippen LogP contribution in [0.5, 0.6) is 0 Å². The van der Waals surface area contributed by atoms with Gasteiger partial charge in [0.1, 0.15) is 5.15 Å². The van der Waals surface area contributed by atoms with Crippen LogP contribution in [0.3, 0.4) is 0 Å². The maximum atomic E-state index is 11.3. The summed E-state index contributed by atoms with van der Waals surface area (Å²) >= 11 is 5.82. The summed E-state index contributed by atoms with van der Waals surface area (Å²) in [5.41, 5.74) is 5.12. The Hall–Kier alpha value is -1.11. The van der Waals surface area contributed by atoms with E-state index in [0.29, 0.717) is 5.46 Å². The van der Waals surface area contributed by atoms with Crippen LogP contribution in [0, 0.1) is 0 Å². The van der Waals surface area contributed by atoms with E-state index in [9.17, 15) is 4.79 Å². The minimum atomic E-state index is -0.629. The number of pyridine rings is 1. The molecule has 1 aromatic heterocycles. The highest BCUT2D eigenvalue weighted by Gasteiger charge is 2.51. The summed E-state index contributed by atoms with van der Waals surface area (Å²) in [5, 5.41) is 0.0766. The zero-order valence-electron chi connectivity index (χ0n) is 11.4. The first kappa shape index (κ1) is 14.3. The van der Waals surface area contributed by atoms with E-state index >= 15 is 0 Å². The van der Waals surface area contributed by atoms with Crippen molar-refractivity contribution in [2.24, 2.45) is 5.73 Å². The van der Waals surface area contributed by atoms with E-state index in [-0.39, 0.29) is 10.7 Å². The molecule has 1 fully saturated rings. The number of halogens is 1. The van der Waals surface area contributed by atoms with Crippen molar-refractivity contribution >= 4 is 30.1 Å². The quantitative estimate of drug-likeness (QED) is 0.652. The van der Waals surface area contributed by atoms with Crippen molar-refractivity contribution in [3.05, 3.63) is 23.0 Å². The monoisotopic (exact) mass is 282 g/mol. The summed E-state index contributed by atoms with van der Waals surface area (Å²) in [5.74, 6) is -0.629. The van der Waals surface area contributed by atoms with Crippen LogP contribution >= 0.6 is 11.6 Å².